The summed E-state index contributed by atoms with van der Waals surface area (Å²) in [5.41, 5.74) is 1.04. The molecule has 1 aromatic heterocycles. The number of carbonyl (C=O) groups excluding carboxylic acids is 4. The van der Waals surface area contributed by atoms with Crippen LogP contribution in [-0.2, 0) is 19.1 Å². The summed E-state index contributed by atoms with van der Waals surface area (Å²) in [5.74, 6) is -1.44. The molecular weight excluding hydrogens is 470 g/mol. The average Bonchev–Trinajstić information content (AvgIpc) is 3.17. The summed E-state index contributed by atoms with van der Waals surface area (Å²) in [6.07, 6.45) is 0. The molecule has 1 unspecified atom stereocenters. The van der Waals surface area contributed by atoms with Gasteiger partial charge >= 0.3 is 18.0 Å². The molecule has 1 atom stereocenters. The van der Waals surface area contributed by atoms with Gasteiger partial charge in [-0.3, -0.25) is 4.79 Å². The van der Waals surface area contributed by atoms with Gasteiger partial charge in [-0.15, -0.1) is 11.3 Å². The Kier molecular flexibility index (Phi) is 7.96. The van der Waals surface area contributed by atoms with Gasteiger partial charge < -0.3 is 25.4 Å². The predicted octanol–water partition coefficient (Wildman–Crippen LogP) is 4.07. The third-order valence-electron chi connectivity index (χ3n) is 5.15. The highest BCUT2D eigenvalue weighted by atomic mass is 32.1. The van der Waals surface area contributed by atoms with Gasteiger partial charge in [0.1, 0.15) is 11.5 Å². The topological polar surface area (TPSA) is 123 Å². The number of carbonyl (C=O) groups is 4. The molecule has 1 aliphatic rings. The Morgan fingerprint density at radius 3 is 2.40 bits per heavy atom. The highest BCUT2D eigenvalue weighted by Gasteiger charge is 2.34. The Morgan fingerprint density at radius 2 is 1.77 bits per heavy atom. The van der Waals surface area contributed by atoms with E-state index in [4.69, 9.17) is 9.47 Å². The fraction of sp³-hybridized carbons (Fsp3) is 0.360. The van der Waals surface area contributed by atoms with E-state index in [1.54, 1.807) is 65.0 Å². The lowest BCUT2D eigenvalue weighted by Crippen LogP contribution is -2.47. The molecule has 0 saturated heterocycles. The monoisotopic (exact) mass is 499 g/mol. The van der Waals surface area contributed by atoms with E-state index in [9.17, 15) is 19.2 Å². The molecule has 0 spiro atoms. The molecule has 0 radical (unpaired) electrons. The van der Waals surface area contributed by atoms with Crippen LogP contribution in [-0.4, -0.2) is 37.1 Å². The summed E-state index contributed by atoms with van der Waals surface area (Å²) in [6.45, 7) is 8.60. The number of benzene rings is 1. The zero-order chi connectivity index (χ0) is 25.8. The lowest BCUT2D eigenvalue weighted by Gasteiger charge is -2.29. The smallest absolute Gasteiger partial charge is 0.349 e. The van der Waals surface area contributed by atoms with Crippen LogP contribution in [0.2, 0.25) is 0 Å². The van der Waals surface area contributed by atoms with Crippen LogP contribution in [0.25, 0.3) is 0 Å². The first-order chi connectivity index (χ1) is 16.5. The van der Waals surface area contributed by atoms with E-state index < -0.39 is 29.4 Å². The van der Waals surface area contributed by atoms with Crippen molar-refractivity contribution in [3.05, 3.63) is 63.7 Å². The number of aryl methyl sites for hydroxylation is 1. The number of nitrogens with one attached hydrogen (secondary N) is 3. The molecule has 0 aliphatic carbocycles. The van der Waals surface area contributed by atoms with Gasteiger partial charge in [-0.25, -0.2) is 14.4 Å². The fourth-order valence-electron chi connectivity index (χ4n) is 3.33. The van der Waals surface area contributed by atoms with E-state index in [2.05, 4.69) is 16.0 Å². The number of urea groups is 1. The van der Waals surface area contributed by atoms with E-state index >= 15 is 0 Å². The van der Waals surface area contributed by atoms with E-state index in [1.165, 1.54) is 0 Å². The zero-order valence-electron chi connectivity index (χ0n) is 20.3. The second-order valence-corrected chi connectivity index (χ2v) is 10.0. The normalized spacial score (nSPS) is 15.7. The molecule has 0 bridgehead atoms. The van der Waals surface area contributed by atoms with Gasteiger partial charge in [0.2, 0.25) is 5.91 Å². The summed E-state index contributed by atoms with van der Waals surface area (Å²) < 4.78 is 10.7. The van der Waals surface area contributed by atoms with E-state index in [0.717, 1.165) is 11.3 Å². The third kappa shape index (κ3) is 6.27. The standard InChI is InChI=1S/C25H29N3O6S/c1-6-33-21(29)18-16(26-24(32)28-19(18)15-10-8-7-9-11-15)13-34-22(30)20-14(2)12-17(35-20)27-23(31)25(3,4)5/h7-12,19H,6,13H2,1-5H3,(H,27,31)(H2,26,28,32). The Labute approximate surface area is 207 Å². The molecule has 10 heteroatoms. The van der Waals surface area contributed by atoms with E-state index in [1.807, 2.05) is 6.07 Å². The molecule has 186 valence electrons. The first kappa shape index (κ1) is 26.0. The number of thiophene rings is 1. The Balaban J connectivity index is 1.84. The lowest BCUT2D eigenvalue weighted by molar-refractivity contribution is -0.139. The first-order valence-electron chi connectivity index (χ1n) is 11.1. The van der Waals surface area contributed by atoms with Gasteiger partial charge in [-0.2, -0.15) is 0 Å². The minimum absolute atomic E-state index is 0.141. The molecule has 2 heterocycles. The SMILES string of the molecule is CCOC(=O)C1=C(COC(=O)c2sc(NC(=O)C(C)(C)C)cc2C)NC(=O)NC1c1ccccc1. The van der Waals surface area contributed by atoms with E-state index in [-0.39, 0.29) is 30.4 Å². The molecule has 9 nitrogen and oxygen atoms in total. The van der Waals surface area contributed by atoms with Crippen molar-refractivity contribution in [3.8, 4) is 0 Å². The quantitative estimate of drug-likeness (QED) is 0.494. The number of rotatable bonds is 7. The van der Waals surface area contributed by atoms with Crippen LogP contribution in [0.1, 0.15) is 54.5 Å². The molecular formula is C25H29N3O6S. The van der Waals surface area contributed by atoms with Crippen LogP contribution in [0.4, 0.5) is 9.80 Å². The van der Waals surface area contributed by atoms with Crippen molar-refractivity contribution in [3.63, 3.8) is 0 Å². The van der Waals surface area contributed by atoms with Gasteiger partial charge in [0.05, 0.1) is 28.9 Å². The van der Waals surface area contributed by atoms with Crippen LogP contribution in [0, 0.1) is 12.3 Å². The molecule has 0 saturated carbocycles. The molecule has 1 aliphatic heterocycles. The van der Waals surface area contributed by atoms with Crippen molar-refractivity contribution >= 4 is 40.2 Å². The van der Waals surface area contributed by atoms with Crippen LogP contribution in [0.3, 0.4) is 0 Å². The van der Waals surface area contributed by atoms with Crippen LogP contribution in [0.5, 0.6) is 0 Å². The van der Waals surface area contributed by atoms with Crippen molar-refractivity contribution < 1.29 is 28.7 Å². The predicted molar refractivity (Wildman–Crippen MR) is 132 cm³/mol. The number of anilines is 1. The van der Waals surface area contributed by atoms with Crippen LogP contribution < -0.4 is 16.0 Å². The number of amides is 3. The first-order valence-corrected chi connectivity index (χ1v) is 11.9. The molecule has 0 fully saturated rings. The van der Waals surface area contributed by atoms with Crippen LogP contribution >= 0.6 is 11.3 Å². The van der Waals surface area contributed by atoms with Crippen molar-refractivity contribution in [2.45, 2.75) is 40.7 Å². The van der Waals surface area contributed by atoms with Gasteiger partial charge in [0.15, 0.2) is 0 Å². The van der Waals surface area contributed by atoms with Crippen molar-refractivity contribution in [1.29, 1.82) is 0 Å². The molecule has 3 amide bonds. The van der Waals surface area contributed by atoms with Crippen molar-refractivity contribution in [2.24, 2.45) is 5.41 Å². The van der Waals surface area contributed by atoms with Gasteiger partial charge in [0.25, 0.3) is 0 Å². The molecule has 1 aromatic carbocycles. The maximum absolute atomic E-state index is 12.8. The molecule has 35 heavy (non-hydrogen) atoms. The second kappa shape index (κ2) is 10.7. The Bertz CT molecular complexity index is 1160. The third-order valence-corrected chi connectivity index (χ3v) is 6.28. The number of hydrogen-bond donors (Lipinski definition) is 3. The summed E-state index contributed by atoms with van der Waals surface area (Å²) in [6, 6.07) is 9.38. The number of esters is 2. The minimum atomic E-state index is -0.764. The maximum Gasteiger partial charge on any atom is 0.349 e. The second-order valence-electron chi connectivity index (χ2n) is 8.96. The lowest BCUT2D eigenvalue weighted by atomic mass is 9.95. The summed E-state index contributed by atoms with van der Waals surface area (Å²) >= 11 is 1.10. The van der Waals surface area contributed by atoms with Crippen molar-refractivity contribution in [1.82, 2.24) is 10.6 Å². The van der Waals surface area contributed by atoms with Crippen LogP contribution in [0.15, 0.2) is 47.7 Å². The minimum Gasteiger partial charge on any atom is -0.463 e. The fourth-order valence-corrected chi connectivity index (χ4v) is 4.29. The Morgan fingerprint density at radius 1 is 1.09 bits per heavy atom. The van der Waals surface area contributed by atoms with Gasteiger partial charge in [0, 0.05) is 5.41 Å². The zero-order valence-corrected chi connectivity index (χ0v) is 21.1. The Hall–Kier alpha value is -3.66. The largest absolute Gasteiger partial charge is 0.463 e. The van der Waals surface area contributed by atoms with Gasteiger partial charge in [-0.05, 0) is 31.0 Å². The van der Waals surface area contributed by atoms with Gasteiger partial charge in [-0.1, -0.05) is 51.1 Å². The summed E-state index contributed by atoms with van der Waals surface area (Å²) in [5, 5.41) is 8.63. The summed E-state index contributed by atoms with van der Waals surface area (Å²) in [4.78, 5) is 50.6. The molecule has 3 N–H and O–H groups in total. The highest BCUT2D eigenvalue weighted by molar-refractivity contribution is 7.18. The highest BCUT2D eigenvalue weighted by Crippen LogP contribution is 2.30. The summed E-state index contributed by atoms with van der Waals surface area (Å²) in [7, 11) is 0. The molecule has 3 rings (SSSR count). The molecule has 2 aromatic rings. The number of ether oxygens (including phenoxy) is 2. The van der Waals surface area contributed by atoms with Crippen molar-refractivity contribution in [2.75, 3.05) is 18.5 Å². The average molecular weight is 500 g/mol. The van der Waals surface area contributed by atoms with E-state index in [0.29, 0.717) is 21.0 Å². The number of hydrogen-bond acceptors (Lipinski definition) is 7. The maximum atomic E-state index is 12.8.